The third-order valence-corrected chi connectivity index (χ3v) is 9.83. The summed E-state index contributed by atoms with van der Waals surface area (Å²) in [6.45, 7) is 1.98. The normalized spacial score (nSPS) is 28.3. The average molecular weight is 688 g/mol. The van der Waals surface area contributed by atoms with E-state index in [9.17, 15) is 45.0 Å². The largest absolute Gasteiger partial charge is 0.394 e. The van der Waals surface area contributed by atoms with Gasteiger partial charge in [-0.25, -0.2) is 0 Å². The molecule has 3 aliphatic heterocycles. The van der Waals surface area contributed by atoms with Crippen molar-refractivity contribution in [3.8, 4) is 0 Å². The Bertz CT molecular complexity index is 1770. The molecule has 7 N–H and O–H groups in total. The Morgan fingerprint density at radius 1 is 0.980 bits per heavy atom. The molecule has 3 aromatic carbocycles. The summed E-state index contributed by atoms with van der Waals surface area (Å²) in [6, 6.07) is 21.1. The molecule has 1 fully saturated rings. The van der Waals surface area contributed by atoms with E-state index in [4.69, 9.17) is 4.74 Å². The van der Waals surface area contributed by atoms with Crippen LogP contribution in [-0.2, 0) is 44.2 Å². The lowest BCUT2D eigenvalue weighted by atomic mass is 9.82. The van der Waals surface area contributed by atoms with Crippen molar-refractivity contribution < 1.29 is 49.8 Å². The Labute approximate surface area is 288 Å². The van der Waals surface area contributed by atoms with Gasteiger partial charge < -0.3 is 50.5 Å². The van der Waals surface area contributed by atoms with Crippen LogP contribution < -0.4 is 10.2 Å². The van der Waals surface area contributed by atoms with Gasteiger partial charge >= 0.3 is 0 Å². The molecule has 13 heteroatoms. The van der Waals surface area contributed by atoms with E-state index >= 15 is 0 Å². The quantitative estimate of drug-likeness (QED) is 0.157. The van der Waals surface area contributed by atoms with E-state index in [1.807, 2.05) is 54.6 Å². The summed E-state index contributed by atoms with van der Waals surface area (Å²) in [5.74, 6) is -2.61. The van der Waals surface area contributed by atoms with Gasteiger partial charge in [-0.2, -0.15) is 0 Å². The summed E-state index contributed by atoms with van der Waals surface area (Å²) in [5.41, 5.74) is 1.52. The Hall–Kier alpha value is -4.47. The number of rotatable bonds is 9. The molecule has 3 amide bonds. The molecule has 3 aromatic rings. The van der Waals surface area contributed by atoms with Crippen LogP contribution in [0.3, 0.4) is 0 Å². The van der Waals surface area contributed by atoms with Crippen LogP contribution in [0, 0.1) is 5.92 Å². The molecule has 8 atom stereocenters. The second-order valence-corrected chi connectivity index (χ2v) is 13.0. The fraction of sp³-hybridized carbons (Fsp3) is 0.378. The maximum Gasteiger partial charge on any atom is 0.264 e. The molecule has 3 aliphatic rings. The van der Waals surface area contributed by atoms with Gasteiger partial charge in [-0.3, -0.25) is 14.4 Å². The Morgan fingerprint density at radius 2 is 1.68 bits per heavy atom. The first-order valence-corrected chi connectivity index (χ1v) is 16.5. The molecule has 0 spiro atoms. The minimum Gasteiger partial charge on any atom is -0.394 e. The van der Waals surface area contributed by atoms with Crippen LogP contribution in [-0.4, -0.2) is 96.6 Å². The maximum absolute atomic E-state index is 14.1. The van der Waals surface area contributed by atoms with Gasteiger partial charge in [-0.1, -0.05) is 73.7 Å². The van der Waals surface area contributed by atoms with Gasteiger partial charge in [0, 0.05) is 30.1 Å². The number of ether oxygens (including phenoxy) is 1. The fourth-order valence-corrected chi connectivity index (χ4v) is 6.91. The van der Waals surface area contributed by atoms with Gasteiger partial charge in [0.25, 0.3) is 11.8 Å². The maximum atomic E-state index is 14.1. The molecular formula is C37H41N3O10. The second kappa shape index (κ2) is 14.4. The number of hydrogen-bond acceptors (Lipinski definition) is 10. The molecule has 0 aromatic heterocycles. The number of aliphatic hydroxyl groups excluding tert-OH is 5. The van der Waals surface area contributed by atoms with Crippen molar-refractivity contribution >= 4 is 29.1 Å². The summed E-state index contributed by atoms with van der Waals surface area (Å²) in [6.07, 6.45) is -5.44. The number of benzene rings is 3. The third-order valence-electron chi connectivity index (χ3n) is 9.83. The zero-order valence-electron chi connectivity index (χ0n) is 27.4. The Kier molecular flexibility index (Phi) is 10.2. The van der Waals surface area contributed by atoms with Crippen molar-refractivity contribution in [1.82, 2.24) is 4.90 Å². The van der Waals surface area contributed by atoms with Gasteiger partial charge in [-0.15, -0.1) is 0 Å². The summed E-state index contributed by atoms with van der Waals surface area (Å²) >= 11 is 0. The van der Waals surface area contributed by atoms with Crippen LogP contribution in [0.5, 0.6) is 0 Å². The highest BCUT2D eigenvalue weighted by molar-refractivity contribution is 6.08. The van der Waals surface area contributed by atoms with E-state index in [-0.39, 0.29) is 42.8 Å². The second-order valence-electron chi connectivity index (χ2n) is 13.0. The first kappa shape index (κ1) is 35.4. The van der Waals surface area contributed by atoms with Crippen LogP contribution in [0.2, 0.25) is 0 Å². The van der Waals surface area contributed by atoms with E-state index in [0.717, 1.165) is 16.7 Å². The van der Waals surface area contributed by atoms with Crippen LogP contribution in [0.4, 0.5) is 11.4 Å². The first-order valence-electron chi connectivity index (χ1n) is 16.5. The molecule has 0 bridgehead atoms. The fourth-order valence-electron chi connectivity index (χ4n) is 6.91. The number of aliphatic hydroxyl groups is 6. The molecule has 0 radical (unpaired) electrons. The van der Waals surface area contributed by atoms with Crippen LogP contribution in [0.1, 0.15) is 35.6 Å². The molecule has 3 heterocycles. The number of carbonyl (C=O) groups is 3. The third kappa shape index (κ3) is 6.56. The van der Waals surface area contributed by atoms with Crippen LogP contribution in [0.25, 0.3) is 0 Å². The smallest absolute Gasteiger partial charge is 0.264 e. The van der Waals surface area contributed by atoms with Gasteiger partial charge in [0.15, 0.2) is 18.0 Å². The molecule has 50 heavy (non-hydrogen) atoms. The molecule has 0 aliphatic carbocycles. The predicted molar refractivity (Wildman–Crippen MR) is 180 cm³/mol. The number of nitrogens with zero attached hydrogens (tertiary/aromatic N) is 2. The van der Waals surface area contributed by atoms with E-state index in [2.05, 4.69) is 5.32 Å². The Morgan fingerprint density at radius 3 is 2.40 bits per heavy atom. The SMILES string of the molecule is C[C@@H](/C=C/CC(=O)N1Cc2ccccc2C[C@H]1CO)[C@]1(O)C(=O)N(Cc2ccccc2)c2ccc(NC(=O)[C@H]3O[C@@H](O)[C@H](O)[C@@H](O)[C@@H]3O)cc21. The summed E-state index contributed by atoms with van der Waals surface area (Å²) < 4.78 is 5.04. The Balaban J connectivity index is 1.24. The molecule has 1 saturated heterocycles. The molecule has 0 unspecified atom stereocenters. The van der Waals surface area contributed by atoms with Crippen molar-refractivity contribution in [2.75, 3.05) is 16.8 Å². The zero-order chi connectivity index (χ0) is 35.7. The highest BCUT2D eigenvalue weighted by Gasteiger charge is 2.53. The van der Waals surface area contributed by atoms with Crippen molar-refractivity contribution in [2.24, 2.45) is 5.92 Å². The van der Waals surface area contributed by atoms with E-state index in [1.54, 1.807) is 30.0 Å². The van der Waals surface area contributed by atoms with Gasteiger partial charge in [-0.05, 0) is 41.3 Å². The number of anilines is 2. The van der Waals surface area contributed by atoms with E-state index in [1.165, 1.54) is 17.0 Å². The number of amides is 3. The van der Waals surface area contributed by atoms with Crippen molar-refractivity contribution in [2.45, 2.75) is 75.2 Å². The highest BCUT2D eigenvalue weighted by atomic mass is 16.6. The van der Waals surface area contributed by atoms with Gasteiger partial charge in [0.05, 0.1) is 24.9 Å². The van der Waals surface area contributed by atoms with Crippen molar-refractivity contribution in [3.63, 3.8) is 0 Å². The van der Waals surface area contributed by atoms with E-state index in [0.29, 0.717) is 18.7 Å². The minimum absolute atomic E-state index is 0.0277. The number of fused-ring (bicyclic) bond motifs is 2. The van der Waals surface area contributed by atoms with Crippen LogP contribution >= 0.6 is 0 Å². The zero-order valence-corrected chi connectivity index (χ0v) is 27.4. The minimum atomic E-state index is -2.11. The molecular weight excluding hydrogens is 646 g/mol. The molecule has 6 rings (SSSR count). The lowest BCUT2D eigenvalue weighted by Gasteiger charge is -2.37. The monoisotopic (exact) mass is 687 g/mol. The number of hydrogen-bond donors (Lipinski definition) is 7. The topological polar surface area (TPSA) is 200 Å². The molecule has 264 valence electrons. The lowest BCUT2D eigenvalue weighted by Crippen LogP contribution is -2.60. The van der Waals surface area contributed by atoms with Crippen molar-refractivity contribution in [3.05, 3.63) is 107 Å². The van der Waals surface area contributed by atoms with Gasteiger partial charge in [0.1, 0.15) is 18.3 Å². The predicted octanol–water partition coefficient (Wildman–Crippen LogP) is 0.688. The van der Waals surface area contributed by atoms with E-state index < -0.39 is 54.0 Å². The molecule has 13 nitrogen and oxygen atoms in total. The number of carbonyl (C=O) groups excluding carboxylic acids is 3. The van der Waals surface area contributed by atoms with Crippen LogP contribution in [0.15, 0.2) is 84.9 Å². The number of nitrogens with one attached hydrogen (secondary N) is 1. The first-order chi connectivity index (χ1) is 23.9. The van der Waals surface area contributed by atoms with Gasteiger partial charge in [0.2, 0.25) is 5.91 Å². The standard InChI is InChI=1S/C37H41N3O10/c1-21(8-7-13-29(42)39-19-24-12-6-5-11-23(24)16-26(39)20-41)37(49)27-17-25(38-34(46)33-31(44)30(43)32(45)35(47)50-33)14-15-28(27)40(36(37)48)18-22-9-3-2-4-10-22/h2-12,14-15,17,21,26,30-33,35,41,43-45,47,49H,13,16,18-20H2,1H3,(H,38,46)/b8-7+/t21-,26-,30-,31-,32+,33-,35+,37+/m0/s1. The summed E-state index contributed by atoms with van der Waals surface area (Å²) in [4.78, 5) is 43.6. The lowest BCUT2D eigenvalue weighted by molar-refractivity contribution is -0.274. The molecule has 0 saturated carbocycles. The summed E-state index contributed by atoms with van der Waals surface area (Å²) in [5, 5.41) is 64.8. The average Bonchev–Trinajstić information content (AvgIpc) is 3.33. The highest BCUT2D eigenvalue weighted by Crippen LogP contribution is 2.47. The van der Waals surface area contributed by atoms with Crippen molar-refractivity contribution in [1.29, 1.82) is 0 Å². The summed E-state index contributed by atoms with van der Waals surface area (Å²) in [7, 11) is 0.